The van der Waals surface area contributed by atoms with Gasteiger partial charge in [-0.3, -0.25) is 0 Å². The van der Waals surface area contributed by atoms with Gasteiger partial charge in [0.2, 0.25) is 0 Å². The lowest BCUT2D eigenvalue weighted by Crippen LogP contribution is -2.21. The van der Waals surface area contributed by atoms with Crippen molar-refractivity contribution in [3.05, 3.63) is 58.9 Å². The summed E-state index contributed by atoms with van der Waals surface area (Å²) in [6, 6.07) is 13.0. The molecule has 2 aromatic rings. The van der Waals surface area contributed by atoms with Gasteiger partial charge in [-0.2, -0.15) is 0 Å². The van der Waals surface area contributed by atoms with Crippen LogP contribution in [0.5, 0.6) is 0 Å². The first-order valence-corrected chi connectivity index (χ1v) is 7.70. The van der Waals surface area contributed by atoms with E-state index >= 15 is 0 Å². The Morgan fingerprint density at radius 1 is 1.20 bits per heavy atom. The second-order valence-corrected chi connectivity index (χ2v) is 6.34. The minimum Gasteiger partial charge on any atom is -0.310 e. The van der Waals surface area contributed by atoms with E-state index in [-0.39, 0.29) is 5.82 Å². The van der Waals surface area contributed by atoms with Crippen LogP contribution in [0.4, 0.5) is 4.39 Å². The summed E-state index contributed by atoms with van der Waals surface area (Å²) in [5.41, 5.74) is 1.05. The third-order valence-corrected chi connectivity index (χ3v) is 4.18. The molecule has 0 fully saturated rings. The number of nitrogens with one attached hydrogen (secondary N) is 1. The molecule has 0 heterocycles. The lowest BCUT2D eigenvalue weighted by Gasteiger charge is -2.11. The minimum atomic E-state index is -0.209. The number of hydrogen-bond donors (Lipinski definition) is 1. The smallest absolute Gasteiger partial charge is 0.137 e. The number of hydrogen-bond acceptors (Lipinski definition) is 2. The average molecular weight is 310 g/mol. The monoisotopic (exact) mass is 309 g/mol. The Kier molecular flexibility index (Phi) is 5.46. The van der Waals surface area contributed by atoms with Crippen molar-refractivity contribution in [2.75, 3.05) is 0 Å². The van der Waals surface area contributed by atoms with Crippen molar-refractivity contribution in [2.24, 2.45) is 0 Å². The minimum absolute atomic E-state index is 0.209. The van der Waals surface area contributed by atoms with Crippen molar-refractivity contribution in [2.45, 2.75) is 36.2 Å². The van der Waals surface area contributed by atoms with E-state index in [2.05, 4.69) is 19.2 Å². The number of halogens is 2. The van der Waals surface area contributed by atoms with E-state index in [9.17, 15) is 4.39 Å². The SMILES string of the molecule is CC(C)NCc1ccc(Sc2ccccc2F)cc1Cl. The summed E-state index contributed by atoms with van der Waals surface area (Å²) < 4.78 is 13.6. The first-order chi connectivity index (χ1) is 9.56. The average Bonchev–Trinajstić information content (AvgIpc) is 2.40. The van der Waals surface area contributed by atoms with Crippen LogP contribution < -0.4 is 5.32 Å². The molecule has 106 valence electrons. The van der Waals surface area contributed by atoms with Crippen molar-refractivity contribution >= 4 is 23.4 Å². The molecule has 2 rings (SSSR count). The highest BCUT2D eigenvalue weighted by Crippen LogP contribution is 2.32. The molecule has 1 N–H and O–H groups in total. The Morgan fingerprint density at radius 3 is 2.60 bits per heavy atom. The Morgan fingerprint density at radius 2 is 1.95 bits per heavy atom. The highest BCUT2D eigenvalue weighted by atomic mass is 35.5. The van der Waals surface area contributed by atoms with Crippen molar-refractivity contribution in [1.82, 2.24) is 5.32 Å². The summed E-state index contributed by atoms with van der Waals surface area (Å²) in [6.45, 7) is 4.92. The Balaban J connectivity index is 2.11. The van der Waals surface area contributed by atoms with E-state index in [1.165, 1.54) is 17.8 Å². The molecule has 0 unspecified atom stereocenters. The van der Waals surface area contributed by atoms with Crippen LogP contribution in [-0.2, 0) is 6.54 Å². The van der Waals surface area contributed by atoms with Gasteiger partial charge in [0.25, 0.3) is 0 Å². The van der Waals surface area contributed by atoms with Crippen molar-refractivity contribution in [3.8, 4) is 0 Å². The van der Waals surface area contributed by atoms with Gasteiger partial charge in [-0.05, 0) is 29.8 Å². The first kappa shape index (κ1) is 15.4. The largest absolute Gasteiger partial charge is 0.310 e. The molecule has 1 nitrogen and oxygen atoms in total. The predicted molar refractivity (Wildman–Crippen MR) is 84.0 cm³/mol. The van der Waals surface area contributed by atoms with Gasteiger partial charge in [0.15, 0.2) is 0 Å². The summed E-state index contributed by atoms with van der Waals surface area (Å²) in [7, 11) is 0. The molecule has 0 bridgehead atoms. The van der Waals surface area contributed by atoms with Crippen LogP contribution in [0.2, 0.25) is 5.02 Å². The zero-order chi connectivity index (χ0) is 14.5. The van der Waals surface area contributed by atoms with Gasteiger partial charge in [0.1, 0.15) is 5.82 Å². The summed E-state index contributed by atoms with van der Waals surface area (Å²) in [5, 5.41) is 4.04. The molecule has 0 saturated heterocycles. The van der Waals surface area contributed by atoms with Crippen LogP contribution in [0.1, 0.15) is 19.4 Å². The van der Waals surface area contributed by atoms with Crippen LogP contribution >= 0.6 is 23.4 Å². The van der Waals surface area contributed by atoms with E-state index in [1.54, 1.807) is 12.1 Å². The molecular weight excluding hydrogens is 293 g/mol. The standard InChI is InChI=1S/C16H17ClFNS/c1-11(2)19-10-12-7-8-13(9-14(12)17)20-16-6-4-3-5-15(16)18/h3-9,11,19H,10H2,1-2H3. The molecule has 0 spiro atoms. The molecular formula is C16H17ClFNS. The predicted octanol–water partition coefficient (Wildman–Crippen LogP) is 5.13. The number of benzene rings is 2. The molecule has 0 saturated carbocycles. The fourth-order valence-electron chi connectivity index (χ4n) is 1.70. The molecule has 0 aromatic heterocycles. The third kappa shape index (κ3) is 4.23. The topological polar surface area (TPSA) is 12.0 Å². The molecule has 0 aliphatic heterocycles. The quantitative estimate of drug-likeness (QED) is 0.822. The summed E-state index contributed by atoms with van der Waals surface area (Å²) >= 11 is 7.65. The van der Waals surface area contributed by atoms with Crippen molar-refractivity contribution in [3.63, 3.8) is 0 Å². The van der Waals surface area contributed by atoms with Gasteiger partial charge >= 0.3 is 0 Å². The van der Waals surface area contributed by atoms with Gasteiger partial charge in [-0.15, -0.1) is 0 Å². The van der Waals surface area contributed by atoms with E-state index < -0.39 is 0 Å². The van der Waals surface area contributed by atoms with Crippen LogP contribution in [0.25, 0.3) is 0 Å². The molecule has 0 radical (unpaired) electrons. The Hall–Kier alpha value is -1.03. The second-order valence-electron chi connectivity index (χ2n) is 4.82. The highest BCUT2D eigenvalue weighted by Gasteiger charge is 2.06. The third-order valence-electron chi connectivity index (χ3n) is 2.79. The lowest BCUT2D eigenvalue weighted by molar-refractivity contribution is 0.589. The van der Waals surface area contributed by atoms with Gasteiger partial charge in [-0.1, -0.05) is 55.4 Å². The van der Waals surface area contributed by atoms with Crippen LogP contribution in [0.15, 0.2) is 52.3 Å². The van der Waals surface area contributed by atoms with Crippen molar-refractivity contribution < 1.29 is 4.39 Å². The summed E-state index contributed by atoms with van der Waals surface area (Å²) in [6.07, 6.45) is 0. The highest BCUT2D eigenvalue weighted by molar-refractivity contribution is 7.99. The van der Waals surface area contributed by atoms with E-state index in [4.69, 9.17) is 11.6 Å². The lowest BCUT2D eigenvalue weighted by atomic mass is 10.2. The summed E-state index contributed by atoms with van der Waals surface area (Å²) in [4.78, 5) is 1.55. The fourth-order valence-corrected chi connectivity index (χ4v) is 2.89. The molecule has 2 aromatic carbocycles. The molecule has 0 aliphatic carbocycles. The Bertz CT molecular complexity index is 586. The van der Waals surface area contributed by atoms with Gasteiger partial charge in [0.05, 0.1) is 0 Å². The Labute approximate surface area is 128 Å². The maximum absolute atomic E-state index is 13.6. The summed E-state index contributed by atoms with van der Waals surface area (Å²) in [5.74, 6) is -0.209. The molecule has 4 heteroatoms. The van der Waals surface area contributed by atoms with Crippen LogP contribution in [0.3, 0.4) is 0 Å². The second kappa shape index (κ2) is 7.11. The van der Waals surface area contributed by atoms with Gasteiger partial charge in [-0.25, -0.2) is 4.39 Å². The van der Waals surface area contributed by atoms with Crippen molar-refractivity contribution in [1.29, 1.82) is 0 Å². The van der Waals surface area contributed by atoms with Gasteiger partial charge < -0.3 is 5.32 Å². The first-order valence-electron chi connectivity index (χ1n) is 6.50. The number of rotatable bonds is 5. The fraction of sp³-hybridized carbons (Fsp3) is 0.250. The molecule has 0 aliphatic rings. The van der Waals surface area contributed by atoms with E-state index in [0.717, 1.165) is 17.0 Å². The normalized spacial score (nSPS) is 11.1. The molecule has 0 amide bonds. The zero-order valence-electron chi connectivity index (χ0n) is 11.5. The van der Waals surface area contributed by atoms with Crippen LogP contribution in [-0.4, -0.2) is 6.04 Å². The van der Waals surface area contributed by atoms with Gasteiger partial charge in [0, 0.05) is 27.4 Å². The zero-order valence-corrected chi connectivity index (χ0v) is 13.1. The van der Waals surface area contributed by atoms with Crippen LogP contribution in [0, 0.1) is 5.82 Å². The molecule has 20 heavy (non-hydrogen) atoms. The maximum Gasteiger partial charge on any atom is 0.137 e. The van der Waals surface area contributed by atoms with E-state index in [0.29, 0.717) is 16.0 Å². The maximum atomic E-state index is 13.6. The van der Waals surface area contributed by atoms with E-state index in [1.807, 2.05) is 24.3 Å². The molecule has 0 atom stereocenters.